The minimum Gasteiger partial charge on any atom is -0.452 e. The lowest BCUT2D eigenvalue weighted by Gasteiger charge is -2.13. The third kappa shape index (κ3) is 4.41. The molecule has 1 aromatic carbocycles. The van der Waals surface area contributed by atoms with Crippen molar-refractivity contribution in [3.05, 3.63) is 46.5 Å². The molecule has 1 aliphatic heterocycles. The van der Waals surface area contributed by atoms with Gasteiger partial charge in [-0.25, -0.2) is 14.6 Å². The Bertz CT molecular complexity index is 837. The van der Waals surface area contributed by atoms with Crippen LogP contribution < -0.4 is 5.32 Å². The van der Waals surface area contributed by atoms with Crippen molar-refractivity contribution in [1.82, 2.24) is 15.2 Å². The molecule has 1 aliphatic rings. The summed E-state index contributed by atoms with van der Waals surface area (Å²) >= 11 is 3.10. The lowest BCUT2D eigenvalue weighted by atomic mass is 10.1. The predicted molar refractivity (Wildman–Crippen MR) is 98.2 cm³/mol. The number of aryl methyl sites for hydroxylation is 1. The van der Waals surface area contributed by atoms with E-state index >= 15 is 0 Å². The van der Waals surface area contributed by atoms with E-state index in [1.165, 1.54) is 0 Å². The highest BCUT2D eigenvalue weighted by molar-refractivity contribution is 8.00. The maximum atomic E-state index is 12.4. The molecule has 0 atom stereocenters. The Balaban J connectivity index is 1.60. The van der Waals surface area contributed by atoms with Crippen LogP contribution in [0.1, 0.15) is 21.6 Å². The van der Waals surface area contributed by atoms with Crippen molar-refractivity contribution in [2.24, 2.45) is 0 Å². The van der Waals surface area contributed by atoms with Crippen LogP contribution in [0.4, 0.5) is 4.79 Å². The highest BCUT2D eigenvalue weighted by Crippen LogP contribution is 2.27. The van der Waals surface area contributed by atoms with Gasteiger partial charge in [-0.3, -0.25) is 9.69 Å². The summed E-state index contributed by atoms with van der Waals surface area (Å²) in [5.74, 6) is -0.538. The Morgan fingerprint density at radius 2 is 2.19 bits per heavy atom. The minimum absolute atomic E-state index is 0.287. The normalized spacial score (nSPS) is 13.6. The van der Waals surface area contributed by atoms with Crippen LogP contribution in [0.2, 0.25) is 0 Å². The number of thiazole rings is 1. The summed E-state index contributed by atoms with van der Waals surface area (Å²) in [6.07, 6.45) is 0. The molecule has 1 fully saturated rings. The number of benzene rings is 1. The molecule has 0 saturated carbocycles. The van der Waals surface area contributed by atoms with Gasteiger partial charge in [-0.15, -0.1) is 11.3 Å². The zero-order valence-electron chi connectivity index (χ0n) is 14.1. The van der Waals surface area contributed by atoms with Crippen LogP contribution in [-0.4, -0.2) is 47.5 Å². The molecule has 3 rings (SSSR count). The lowest BCUT2D eigenvalue weighted by molar-refractivity contribution is -0.130. The third-order valence-electron chi connectivity index (χ3n) is 3.67. The van der Waals surface area contributed by atoms with Gasteiger partial charge >= 0.3 is 12.0 Å². The predicted octanol–water partition coefficient (Wildman–Crippen LogP) is 2.45. The third-order valence-corrected chi connectivity index (χ3v) is 5.86. The van der Waals surface area contributed by atoms with Crippen molar-refractivity contribution in [3.63, 3.8) is 0 Å². The van der Waals surface area contributed by atoms with Gasteiger partial charge in [0, 0.05) is 29.9 Å². The van der Waals surface area contributed by atoms with Crippen molar-refractivity contribution >= 4 is 41.0 Å². The van der Waals surface area contributed by atoms with Gasteiger partial charge in [-0.1, -0.05) is 30.0 Å². The van der Waals surface area contributed by atoms with Gasteiger partial charge in [0.1, 0.15) is 4.34 Å². The fourth-order valence-electron chi connectivity index (χ4n) is 2.38. The molecule has 0 unspecified atom stereocenters. The van der Waals surface area contributed by atoms with E-state index in [4.69, 9.17) is 4.74 Å². The number of ether oxygens (including phenoxy) is 1. The number of hydrogen-bond acceptors (Lipinski definition) is 7. The van der Waals surface area contributed by atoms with Gasteiger partial charge in [-0.05, 0) is 18.6 Å². The molecule has 136 valence electrons. The number of amides is 3. The van der Waals surface area contributed by atoms with Gasteiger partial charge < -0.3 is 10.1 Å². The zero-order valence-corrected chi connectivity index (χ0v) is 15.7. The highest BCUT2D eigenvalue weighted by Gasteiger charge is 2.27. The molecule has 0 spiro atoms. The molecular formula is C17H17N3O4S2. The Morgan fingerprint density at radius 3 is 2.88 bits per heavy atom. The van der Waals surface area contributed by atoms with Crippen molar-refractivity contribution in [2.45, 2.75) is 17.0 Å². The molecule has 1 saturated heterocycles. The number of hydrogen-bond donors (Lipinski definition) is 1. The van der Waals surface area contributed by atoms with E-state index < -0.39 is 24.5 Å². The highest BCUT2D eigenvalue weighted by atomic mass is 32.2. The standard InChI is InChI=1S/C17H17N3O4S2/c1-11-9-25-17(19-11)26-10-12-4-2-3-5-13(12)15(22)24-8-14(21)20-7-6-18-16(20)23/h2-5,9H,6-8,10H2,1H3,(H,18,23). The van der Waals surface area contributed by atoms with Gasteiger partial charge in [0.15, 0.2) is 6.61 Å². The average Bonchev–Trinajstić information content (AvgIpc) is 3.26. The summed E-state index contributed by atoms with van der Waals surface area (Å²) in [5.41, 5.74) is 2.18. The maximum Gasteiger partial charge on any atom is 0.338 e. The Morgan fingerprint density at radius 1 is 1.38 bits per heavy atom. The van der Waals surface area contributed by atoms with Crippen molar-refractivity contribution in [1.29, 1.82) is 0 Å². The quantitative estimate of drug-likeness (QED) is 0.601. The summed E-state index contributed by atoms with van der Waals surface area (Å²) in [6.45, 7) is 2.17. The molecule has 7 nitrogen and oxygen atoms in total. The second-order valence-electron chi connectivity index (χ2n) is 5.55. The summed E-state index contributed by atoms with van der Waals surface area (Å²) in [4.78, 5) is 41.2. The van der Waals surface area contributed by atoms with Crippen LogP contribution in [0.15, 0.2) is 34.0 Å². The van der Waals surface area contributed by atoms with Crippen LogP contribution >= 0.6 is 23.1 Å². The van der Waals surface area contributed by atoms with E-state index in [0.29, 0.717) is 17.9 Å². The number of nitrogens with zero attached hydrogens (tertiary/aromatic N) is 2. The van der Waals surface area contributed by atoms with Crippen molar-refractivity contribution in [3.8, 4) is 0 Å². The summed E-state index contributed by atoms with van der Waals surface area (Å²) in [6, 6.07) is 6.65. The SMILES string of the molecule is Cc1csc(SCc2ccccc2C(=O)OCC(=O)N2CCNC2=O)n1. The molecule has 3 amide bonds. The van der Waals surface area contributed by atoms with E-state index in [9.17, 15) is 14.4 Å². The van der Waals surface area contributed by atoms with Crippen LogP contribution in [0.3, 0.4) is 0 Å². The Kier molecular flexibility index (Phi) is 5.89. The minimum atomic E-state index is -0.579. The second-order valence-corrected chi connectivity index (χ2v) is 7.63. The number of carbonyl (C=O) groups excluding carboxylic acids is 3. The largest absolute Gasteiger partial charge is 0.452 e. The van der Waals surface area contributed by atoms with Crippen LogP contribution in [0, 0.1) is 6.92 Å². The number of rotatable bonds is 6. The van der Waals surface area contributed by atoms with Crippen molar-refractivity contribution in [2.75, 3.05) is 19.7 Å². The van der Waals surface area contributed by atoms with Crippen LogP contribution in [0.5, 0.6) is 0 Å². The first-order valence-electron chi connectivity index (χ1n) is 7.93. The monoisotopic (exact) mass is 391 g/mol. The fraction of sp³-hybridized carbons (Fsp3) is 0.294. The molecule has 1 N–H and O–H groups in total. The molecular weight excluding hydrogens is 374 g/mol. The van der Waals surface area contributed by atoms with Gasteiger partial charge in [0.2, 0.25) is 0 Å². The van der Waals surface area contributed by atoms with E-state index in [-0.39, 0.29) is 6.54 Å². The number of carbonyl (C=O) groups is 3. The molecule has 1 aromatic heterocycles. The van der Waals surface area contributed by atoms with E-state index in [1.807, 2.05) is 24.4 Å². The zero-order chi connectivity index (χ0) is 18.5. The van der Waals surface area contributed by atoms with Gasteiger partial charge in [0.05, 0.1) is 5.56 Å². The fourth-order valence-corrected chi connectivity index (χ4v) is 4.23. The number of thioether (sulfide) groups is 1. The molecule has 26 heavy (non-hydrogen) atoms. The average molecular weight is 391 g/mol. The summed E-state index contributed by atoms with van der Waals surface area (Å²) in [5, 5.41) is 4.51. The summed E-state index contributed by atoms with van der Waals surface area (Å²) < 4.78 is 6.05. The summed E-state index contributed by atoms with van der Waals surface area (Å²) in [7, 11) is 0. The van der Waals surface area contributed by atoms with Gasteiger partial charge in [-0.2, -0.15) is 0 Å². The number of urea groups is 1. The molecule has 9 heteroatoms. The molecule has 0 radical (unpaired) electrons. The lowest BCUT2D eigenvalue weighted by Crippen LogP contribution is -2.37. The van der Waals surface area contributed by atoms with E-state index in [1.54, 1.807) is 35.2 Å². The molecule has 2 heterocycles. The Hall–Kier alpha value is -2.39. The van der Waals surface area contributed by atoms with E-state index in [2.05, 4.69) is 10.3 Å². The van der Waals surface area contributed by atoms with E-state index in [0.717, 1.165) is 20.5 Å². The van der Waals surface area contributed by atoms with Crippen molar-refractivity contribution < 1.29 is 19.1 Å². The molecule has 0 bridgehead atoms. The van der Waals surface area contributed by atoms with Gasteiger partial charge in [0.25, 0.3) is 5.91 Å². The molecule has 0 aliphatic carbocycles. The second kappa shape index (κ2) is 8.33. The molecule has 2 aromatic rings. The first kappa shape index (κ1) is 18.4. The first-order valence-corrected chi connectivity index (χ1v) is 9.79. The maximum absolute atomic E-state index is 12.4. The first-order chi connectivity index (χ1) is 12.5. The number of aromatic nitrogens is 1. The smallest absolute Gasteiger partial charge is 0.338 e. The van der Waals surface area contributed by atoms with Crippen LogP contribution in [-0.2, 0) is 15.3 Å². The topological polar surface area (TPSA) is 88.6 Å². The Labute approximate surface area is 158 Å². The number of nitrogens with one attached hydrogen (secondary N) is 1. The number of imide groups is 1. The number of esters is 1. The van der Waals surface area contributed by atoms with Crippen LogP contribution in [0.25, 0.3) is 0 Å².